The van der Waals surface area contributed by atoms with Crippen molar-refractivity contribution in [3.8, 4) is 0 Å². The van der Waals surface area contributed by atoms with E-state index in [-0.39, 0.29) is 13.2 Å². The van der Waals surface area contributed by atoms with Crippen LogP contribution in [0.4, 0.5) is 5.69 Å². The van der Waals surface area contributed by atoms with Gasteiger partial charge in [-0.2, -0.15) is 0 Å². The van der Waals surface area contributed by atoms with E-state index >= 15 is 0 Å². The van der Waals surface area contributed by atoms with Gasteiger partial charge >= 0.3 is 0 Å². The first kappa shape index (κ1) is 12.0. The third kappa shape index (κ3) is 3.53. The fourth-order valence-corrected chi connectivity index (χ4v) is 1.15. The summed E-state index contributed by atoms with van der Waals surface area (Å²) in [6.07, 6.45) is 0. The largest absolute Gasteiger partial charge is 0.396 e. The summed E-state index contributed by atoms with van der Waals surface area (Å²) in [5.74, 6) is 0. The zero-order valence-corrected chi connectivity index (χ0v) is 9.33. The Labute approximate surface area is 90.8 Å². The molecule has 1 aromatic rings. The molecule has 0 bridgehead atoms. The molecular weight excluding hydrogens is 190 g/mol. The van der Waals surface area contributed by atoms with E-state index < -0.39 is 5.41 Å². The first-order valence-electron chi connectivity index (χ1n) is 5.12. The van der Waals surface area contributed by atoms with Gasteiger partial charge in [0.25, 0.3) is 0 Å². The molecule has 0 radical (unpaired) electrons. The Morgan fingerprint density at radius 1 is 1.13 bits per heavy atom. The van der Waals surface area contributed by atoms with Crippen molar-refractivity contribution in [1.29, 1.82) is 0 Å². The first-order valence-corrected chi connectivity index (χ1v) is 5.12. The van der Waals surface area contributed by atoms with Crippen molar-refractivity contribution in [2.45, 2.75) is 13.8 Å². The highest BCUT2D eigenvalue weighted by Gasteiger charge is 2.21. The van der Waals surface area contributed by atoms with Crippen LogP contribution in [0.15, 0.2) is 24.3 Å². The van der Waals surface area contributed by atoms with Crippen molar-refractivity contribution in [2.24, 2.45) is 5.41 Å². The summed E-state index contributed by atoms with van der Waals surface area (Å²) in [4.78, 5) is 0. The number of hydrogen-bond donors (Lipinski definition) is 3. The van der Waals surface area contributed by atoms with Crippen molar-refractivity contribution in [1.82, 2.24) is 0 Å². The molecule has 0 atom stereocenters. The molecule has 3 heteroatoms. The van der Waals surface area contributed by atoms with Crippen LogP contribution in [-0.2, 0) is 0 Å². The number of anilines is 1. The molecule has 3 nitrogen and oxygen atoms in total. The lowest BCUT2D eigenvalue weighted by atomic mass is 9.93. The van der Waals surface area contributed by atoms with Gasteiger partial charge in [-0.1, -0.05) is 24.6 Å². The van der Waals surface area contributed by atoms with Crippen LogP contribution in [0, 0.1) is 12.3 Å². The molecule has 3 N–H and O–H groups in total. The van der Waals surface area contributed by atoms with Crippen molar-refractivity contribution < 1.29 is 10.2 Å². The number of hydrogen-bond acceptors (Lipinski definition) is 3. The lowest BCUT2D eigenvalue weighted by Gasteiger charge is -2.25. The fourth-order valence-electron chi connectivity index (χ4n) is 1.15. The molecule has 1 aromatic carbocycles. The molecule has 0 aliphatic rings. The van der Waals surface area contributed by atoms with E-state index in [4.69, 9.17) is 10.2 Å². The maximum Gasteiger partial charge on any atom is 0.0523 e. The predicted octanol–water partition coefficient (Wildman–Crippen LogP) is 1.40. The van der Waals surface area contributed by atoms with Crippen LogP contribution in [0.2, 0.25) is 0 Å². The molecule has 0 amide bonds. The minimum atomic E-state index is -0.467. The van der Waals surface area contributed by atoms with Gasteiger partial charge < -0.3 is 15.5 Å². The van der Waals surface area contributed by atoms with Crippen LogP contribution in [-0.4, -0.2) is 30.0 Å². The third-order valence-corrected chi connectivity index (χ3v) is 2.53. The Morgan fingerprint density at radius 3 is 2.13 bits per heavy atom. The summed E-state index contributed by atoms with van der Waals surface area (Å²) in [5, 5.41) is 21.4. The van der Waals surface area contributed by atoms with Crippen LogP contribution in [0.3, 0.4) is 0 Å². The van der Waals surface area contributed by atoms with E-state index in [1.54, 1.807) is 0 Å². The monoisotopic (exact) mass is 209 g/mol. The standard InChI is InChI=1S/C12H19NO2/c1-10-3-5-11(6-4-10)13-7-12(2,8-14)9-15/h3-6,13-15H,7-9H2,1-2H3. The number of aryl methyl sites for hydroxylation is 1. The van der Waals surface area contributed by atoms with Crippen molar-refractivity contribution in [3.05, 3.63) is 29.8 Å². The van der Waals surface area contributed by atoms with E-state index in [1.807, 2.05) is 38.1 Å². The minimum absolute atomic E-state index is 0.0254. The topological polar surface area (TPSA) is 52.5 Å². The van der Waals surface area contributed by atoms with Gasteiger partial charge in [-0.25, -0.2) is 0 Å². The van der Waals surface area contributed by atoms with Crippen LogP contribution < -0.4 is 5.32 Å². The van der Waals surface area contributed by atoms with Gasteiger partial charge in [0, 0.05) is 17.6 Å². The Kier molecular flexibility index (Phi) is 4.12. The summed E-state index contributed by atoms with van der Waals surface area (Å²) < 4.78 is 0. The summed E-state index contributed by atoms with van der Waals surface area (Å²) in [6, 6.07) is 8.03. The SMILES string of the molecule is Cc1ccc(NCC(C)(CO)CO)cc1. The van der Waals surface area contributed by atoms with Gasteiger partial charge in [0.05, 0.1) is 13.2 Å². The highest BCUT2D eigenvalue weighted by Crippen LogP contribution is 2.16. The molecule has 0 heterocycles. The predicted molar refractivity (Wildman–Crippen MR) is 61.9 cm³/mol. The van der Waals surface area contributed by atoms with Crippen LogP contribution in [0.1, 0.15) is 12.5 Å². The highest BCUT2D eigenvalue weighted by molar-refractivity contribution is 5.44. The van der Waals surface area contributed by atoms with Gasteiger partial charge in [-0.05, 0) is 19.1 Å². The molecule has 0 fully saturated rings. The Bertz CT molecular complexity index is 291. The van der Waals surface area contributed by atoms with Crippen molar-refractivity contribution in [2.75, 3.05) is 25.1 Å². The summed E-state index contributed by atoms with van der Waals surface area (Å²) >= 11 is 0. The average Bonchev–Trinajstić information content (AvgIpc) is 2.28. The summed E-state index contributed by atoms with van der Waals surface area (Å²) in [6.45, 7) is 4.39. The Hall–Kier alpha value is -1.06. The second kappa shape index (κ2) is 5.14. The van der Waals surface area contributed by atoms with Crippen LogP contribution in [0.25, 0.3) is 0 Å². The van der Waals surface area contributed by atoms with E-state index in [2.05, 4.69) is 5.32 Å². The number of rotatable bonds is 5. The van der Waals surface area contributed by atoms with Gasteiger partial charge in [0.1, 0.15) is 0 Å². The zero-order valence-electron chi connectivity index (χ0n) is 9.33. The number of aliphatic hydroxyl groups is 2. The quantitative estimate of drug-likeness (QED) is 0.687. The summed E-state index contributed by atoms with van der Waals surface area (Å²) in [5.41, 5.74) is 1.76. The molecule has 1 rings (SSSR count). The molecule has 0 saturated heterocycles. The Balaban J connectivity index is 2.53. The molecule has 0 aromatic heterocycles. The van der Waals surface area contributed by atoms with Gasteiger partial charge in [-0.15, -0.1) is 0 Å². The molecule has 0 aliphatic carbocycles. The zero-order chi connectivity index (χ0) is 11.3. The van der Waals surface area contributed by atoms with Crippen LogP contribution in [0.5, 0.6) is 0 Å². The maximum absolute atomic E-state index is 9.11. The fraction of sp³-hybridized carbons (Fsp3) is 0.500. The number of aliphatic hydroxyl groups excluding tert-OH is 2. The van der Waals surface area contributed by atoms with E-state index in [1.165, 1.54) is 5.56 Å². The third-order valence-electron chi connectivity index (χ3n) is 2.53. The van der Waals surface area contributed by atoms with Gasteiger partial charge in [0.2, 0.25) is 0 Å². The molecule has 15 heavy (non-hydrogen) atoms. The number of nitrogens with one attached hydrogen (secondary N) is 1. The number of benzene rings is 1. The molecule has 0 unspecified atom stereocenters. The van der Waals surface area contributed by atoms with Gasteiger partial charge in [-0.3, -0.25) is 0 Å². The molecule has 0 aliphatic heterocycles. The van der Waals surface area contributed by atoms with Crippen molar-refractivity contribution in [3.63, 3.8) is 0 Å². The van der Waals surface area contributed by atoms with Gasteiger partial charge in [0.15, 0.2) is 0 Å². The van der Waals surface area contributed by atoms with E-state index in [0.717, 1.165) is 5.69 Å². The normalized spacial score (nSPS) is 11.5. The molecule has 0 saturated carbocycles. The molecule has 0 spiro atoms. The lowest BCUT2D eigenvalue weighted by Crippen LogP contribution is -2.33. The van der Waals surface area contributed by atoms with Crippen LogP contribution >= 0.6 is 0 Å². The Morgan fingerprint density at radius 2 is 1.67 bits per heavy atom. The maximum atomic E-state index is 9.11. The van der Waals surface area contributed by atoms with E-state index in [9.17, 15) is 0 Å². The summed E-state index contributed by atoms with van der Waals surface area (Å²) in [7, 11) is 0. The minimum Gasteiger partial charge on any atom is -0.396 e. The second-order valence-electron chi connectivity index (χ2n) is 4.35. The highest BCUT2D eigenvalue weighted by atomic mass is 16.3. The van der Waals surface area contributed by atoms with Crippen molar-refractivity contribution >= 4 is 5.69 Å². The first-order chi connectivity index (χ1) is 7.09. The second-order valence-corrected chi connectivity index (χ2v) is 4.35. The van der Waals surface area contributed by atoms with E-state index in [0.29, 0.717) is 6.54 Å². The lowest BCUT2D eigenvalue weighted by molar-refractivity contribution is 0.0806. The molecular formula is C12H19NO2. The smallest absolute Gasteiger partial charge is 0.0523 e. The molecule has 84 valence electrons. The average molecular weight is 209 g/mol.